The summed E-state index contributed by atoms with van der Waals surface area (Å²) in [6.07, 6.45) is 7.26. The van der Waals surface area contributed by atoms with Crippen LogP contribution in [0.25, 0.3) is 10.9 Å². The van der Waals surface area contributed by atoms with Crippen molar-refractivity contribution in [2.24, 2.45) is 13.0 Å². The number of fused-ring (bicyclic) bond motifs is 3. The van der Waals surface area contributed by atoms with Gasteiger partial charge < -0.3 is 29.7 Å². The lowest BCUT2D eigenvalue weighted by Gasteiger charge is -2.29. The summed E-state index contributed by atoms with van der Waals surface area (Å²) in [5, 5.41) is 10.1. The molecule has 0 unspecified atom stereocenters. The highest BCUT2D eigenvalue weighted by Crippen LogP contribution is 2.46. The summed E-state index contributed by atoms with van der Waals surface area (Å²) in [5.74, 6) is -1.48. The topological polar surface area (TPSA) is 200 Å². The molecule has 58 heavy (non-hydrogen) atoms. The highest BCUT2D eigenvalue weighted by Gasteiger charge is 2.62. The zero-order chi connectivity index (χ0) is 41.5. The predicted molar refractivity (Wildman–Crippen MR) is 214 cm³/mol. The molecule has 2 aliphatic heterocycles. The van der Waals surface area contributed by atoms with E-state index in [1.807, 2.05) is 52.0 Å². The standard InChI is InChI=1S/C41H53N7O9S/c1-23(2)56-35-20-34(29-16-17-33(55-6)25(4)36(29)43-35)57-27-19-32-38(50)44-41(40(52)46-58(53,54)28-14-15-28)21-26(41)12-10-8-7-9-11-13-30(39(51)48(32)22-27)42-37(49)31-18-24(3)47(5)45-31/h10,12,16-18,20,23,26-28,30,32H,7-9,11,13-15,19,21-22H2,1-6H3,(H,42,49)(H,44,50)(H,46,52)/b12-10-/t26-,27-,30+,32+,41-/m1/s1. The smallest absolute Gasteiger partial charge is 0.272 e. The van der Waals surface area contributed by atoms with Gasteiger partial charge in [-0.15, -0.1) is 0 Å². The van der Waals surface area contributed by atoms with Crippen molar-refractivity contribution >= 4 is 44.6 Å². The zero-order valence-corrected chi connectivity index (χ0v) is 34.7. The number of aryl methyl sites for hydroxylation is 3. The number of sulfonamides is 1. The van der Waals surface area contributed by atoms with Crippen LogP contribution in [0.15, 0.2) is 36.4 Å². The second-order valence-corrected chi connectivity index (χ2v) is 18.2. The molecular formula is C41H53N7O9S. The Bertz CT molecular complexity index is 2230. The Morgan fingerprint density at radius 3 is 2.52 bits per heavy atom. The molecule has 3 fully saturated rings. The number of carbonyl (C=O) groups is 4. The highest BCUT2D eigenvalue weighted by molar-refractivity contribution is 7.91. The minimum Gasteiger partial charge on any atom is -0.496 e. The van der Waals surface area contributed by atoms with Crippen LogP contribution in [0, 0.1) is 19.8 Å². The van der Waals surface area contributed by atoms with Crippen molar-refractivity contribution in [2.75, 3.05) is 13.7 Å². The van der Waals surface area contributed by atoms with Crippen LogP contribution in [0.5, 0.6) is 17.4 Å². The second kappa shape index (κ2) is 16.2. The van der Waals surface area contributed by atoms with E-state index in [1.165, 1.54) is 4.90 Å². The monoisotopic (exact) mass is 819 g/mol. The number of methoxy groups -OCH3 is 1. The van der Waals surface area contributed by atoms with Crippen LogP contribution >= 0.6 is 0 Å². The van der Waals surface area contributed by atoms with E-state index in [-0.39, 0.29) is 31.2 Å². The van der Waals surface area contributed by atoms with Gasteiger partial charge in [-0.25, -0.2) is 13.4 Å². The van der Waals surface area contributed by atoms with Crippen LogP contribution in [0.3, 0.4) is 0 Å². The number of allylic oxidation sites excluding steroid dienone is 1. The molecular weight excluding hydrogens is 767 g/mol. The molecule has 4 heterocycles. The molecule has 3 N–H and O–H groups in total. The third kappa shape index (κ3) is 8.50. The van der Waals surface area contributed by atoms with Gasteiger partial charge >= 0.3 is 0 Å². The van der Waals surface area contributed by atoms with Gasteiger partial charge in [0.2, 0.25) is 27.7 Å². The van der Waals surface area contributed by atoms with E-state index in [2.05, 4.69) is 20.5 Å². The fourth-order valence-electron chi connectivity index (χ4n) is 7.91. The summed E-state index contributed by atoms with van der Waals surface area (Å²) in [6, 6.07) is 4.85. The molecule has 7 rings (SSSR count). The quantitative estimate of drug-likeness (QED) is 0.253. The number of hydrogen-bond donors (Lipinski definition) is 3. The Morgan fingerprint density at radius 2 is 1.83 bits per heavy atom. The van der Waals surface area contributed by atoms with Crippen LogP contribution < -0.4 is 29.6 Å². The van der Waals surface area contributed by atoms with E-state index >= 15 is 0 Å². The molecule has 1 saturated heterocycles. The van der Waals surface area contributed by atoms with Crippen molar-refractivity contribution < 1.29 is 41.8 Å². The minimum absolute atomic E-state index is 0.0239. The maximum atomic E-state index is 14.8. The van der Waals surface area contributed by atoms with Gasteiger partial charge in [-0.2, -0.15) is 5.10 Å². The normalized spacial score (nSPS) is 25.8. The van der Waals surface area contributed by atoms with Gasteiger partial charge in [0.1, 0.15) is 40.9 Å². The Labute approximate surface area is 338 Å². The van der Waals surface area contributed by atoms with Crippen molar-refractivity contribution in [1.29, 1.82) is 0 Å². The first-order valence-electron chi connectivity index (χ1n) is 20.1. The van der Waals surface area contributed by atoms with Crippen molar-refractivity contribution in [3.63, 3.8) is 0 Å². The molecule has 0 bridgehead atoms. The summed E-state index contributed by atoms with van der Waals surface area (Å²) in [5.41, 5.74) is 0.784. The molecule has 2 saturated carbocycles. The zero-order valence-electron chi connectivity index (χ0n) is 33.9. The first-order chi connectivity index (χ1) is 27.6. The van der Waals surface area contributed by atoms with Gasteiger partial charge in [0.15, 0.2) is 0 Å². The molecule has 1 aromatic carbocycles. The molecule has 4 aliphatic rings. The highest BCUT2D eigenvalue weighted by atomic mass is 32.2. The number of carbonyl (C=O) groups excluding carboxylic acids is 4. The Kier molecular flexibility index (Phi) is 11.5. The number of nitrogens with zero attached hydrogens (tertiary/aromatic N) is 4. The van der Waals surface area contributed by atoms with E-state index < -0.39 is 68.5 Å². The summed E-state index contributed by atoms with van der Waals surface area (Å²) in [7, 11) is -0.606. The molecule has 17 heteroatoms. The number of ether oxygens (including phenoxy) is 3. The fourth-order valence-corrected chi connectivity index (χ4v) is 9.27. The third-order valence-corrected chi connectivity index (χ3v) is 13.3. The Balaban J connectivity index is 1.23. The number of nitrogens with one attached hydrogen (secondary N) is 3. The van der Waals surface area contributed by atoms with Crippen LogP contribution in [0.1, 0.15) is 93.4 Å². The number of benzene rings is 1. The van der Waals surface area contributed by atoms with Gasteiger partial charge in [-0.3, -0.25) is 28.6 Å². The summed E-state index contributed by atoms with van der Waals surface area (Å²) in [6.45, 7) is 7.45. The molecule has 312 valence electrons. The molecule has 0 spiro atoms. The number of hydrogen-bond acceptors (Lipinski definition) is 11. The lowest BCUT2D eigenvalue weighted by atomic mass is 10.0. The van der Waals surface area contributed by atoms with E-state index in [9.17, 15) is 27.6 Å². The molecule has 16 nitrogen and oxygen atoms in total. The van der Waals surface area contributed by atoms with Gasteiger partial charge in [0.25, 0.3) is 11.8 Å². The number of pyridine rings is 1. The van der Waals surface area contributed by atoms with E-state index in [0.717, 1.165) is 24.1 Å². The van der Waals surface area contributed by atoms with Gasteiger partial charge in [-0.05, 0) is 84.4 Å². The van der Waals surface area contributed by atoms with Crippen LogP contribution in [-0.2, 0) is 31.5 Å². The van der Waals surface area contributed by atoms with Crippen LogP contribution in [0.4, 0.5) is 0 Å². The van der Waals surface area contributed by atoms with Gasteiger partial charge in [0.05, 0.1) is 30.5 Å². The molecule has 3 aromatic rings. The minimum atomic E-state index is -3.91. The fraction of sp³-hybridized carbons (Fsp3) is 0.561. The number of rotatable bonds is 10. The molecule has 2 aromatic heterocycles. The summed E-state index contributed by atoms with van der Waals surface area (Å²) in [4.78, 5) is 62.9. The number of aromatic nitrogens is 3. The molecule has 5 atom stereocenters. The molecule has 2 aliphatic carbocycles. The number of amides is 4. The SMILES string of the molecule is COc1ccc2c(O[C@@H]3C[C@H]4C(=O)N[C@]5(C(=O)NS(=O)(=O)C6CC6)C[C@H]5/C=C\CCCCC[C@H](NC(=O)c5cc(C)n(C)n5)C(=O)N4C3)cc(OC(C)C)nc2c1C. The van der Waals surface area contributed by atoms with Crippen LogP contribution in [0.2, 0.25) is 0 Å². The average molecular weight is 820 g/mol. The molecule has 4 amide bonds. The van der Waals surface area contributed by atoms with Gasteiger partial charge in [0, 0.05) is 42.1 Å². The maximum Gasteiger partial charge on any atom is 0.272 e. The Hall–Kier alpha value is -5.19. The van der Waals surface area contributed by atoms with Crippen molar-refractivity contribution in [2.45, 2.75) is 121 Å². The second-order valence-electron chi connectivity index (χ2n) is 16.2. The molecule has 0 radical (unpaired) electrons. The van der Waals surface area contributed by atoms with E-state index in [0.29, 0.717) is 60.4 Å². The predicted octanol–water partition coefficient (Wildman–Crippen LogP) is 3.53. The lowest BCUT2D eigenvalue weighted by molar-refractivity contribution is -0.141. The van der Waals surface area contributed by atoms with Crippen molar-refractivity contribution in [1.82, 2.24) is 35.0 Å². The average Bonchev–Trinajstić information content (AvgIpc) is 4.07. The lowest BCUT2D eigenvalue weighted by Crippen LogP contribution is -2.58. The third-order valence-electron chi connectivity index (χ3n) is 11.5. The van der Waals surface area contributed by atoms with Gasteiger partial charge in [-0.1, -0.05) is 25.0 Å². The first kappa shape index (κ1) is 41.0. The van der Waals surface area contributed by atoms with Crippen molar-refractivity contribution in [3.05, 3.63) is 53.4 Å². The van der Waals surface area contributed by atoms with E-state index in [1.54, 1.807) is 31.0 Å². The first-order valence-corrected chi connectivity index (χ1v) is 21.6. The Morgan fingerprint density at radius 1 is 1.05 bits per heavy atom. The largest absolute Gasteiger partial charge is 0.496 e. The summed E-state index contributed by atoms with van der Waals surface area (Å²) < 4.78 is 47.9. The van der Waals surface area contributed by atoms with Crippen molar-refractivity contribution in [3.8, 4) is 17.4 Å². The maximum absolute atomic E-state index is 14.8. The summed E-state index contributed by atoms with van der Waals surface area (Å²) >= 11 is 0. The van der Waals surface area contributed by atoms with E-state index in [4.69, 9.17) is 19.2 Å². The van der Waals surface area contributed by atoms with Crippen LogP contribution in [-0.4, -0.2) is 100 Å².